The highest BCUT2D eigenvalue weighted by Gasteiger charge is 2.28. The number of carbonyl (C=O) groups excluding carboxylic acids is 3. The van der Waals surface area contributed by atoms with Crippen LogP contribution in [0.25, 0.3) is 0 Å². The topological polar surface area (TPSA) is 88.2 Å². The molecule has 1 heterocycles. The molecule has 152 valence electrons. The molecule has 1 aliphatic heterocycles. The summed E-state index contributed by atoms with van der Waals surface area (Å²) in [6, 6.07) is 11.9. The summed E-state index contributed by atoms with van der Waals surface area (Å²) in [4.78, 5) is 40.1. The van der Waals surface area contributed by atoms with Gasteiger partial charge in [-0.15, -0.1) is 0 Å². The number of carbonyl (C=O) groups is 3. The van der Waals surface area contributed by atoms with E-state index in [9.17, 15) is 14.4 Å². The lowest BCUT2D eigenvalue weighted by Crippen LogP contribution is -2.43. The highest BCUT2D eigenvalue weighted by Crippen LogP contribution is 2.33. The fourth-order valence-electron chi connectivity index (χ4n) is 2.95. The van der Waals surface area contributed by atoms with Gasteiger partial charge in [0.2, 0.25) is 5.91 Å². The first-order valence-corrected chi connectivity index (χ1v) is 9.21. The van der Waals surface area contributed by atoms with E-state index >= 15 is 0 Å². The normalized spacial score (nSPS) is 12.7. The van der Waals surface area contributed by atoms with Crippen LogP contribution in [0.5, 0.6) is 11.5 Å². The second kappa shape index (κ2) is 8.64. The van der Waals surface area contributed by atoms with Crippen LogP contribution in [0, 0.1) is 0 Å². The maximum absolute atomic E-state index is 12.6. The number of nitrogens with zero attached hydrogens (tertiary/aromatic N) is 2. The average molecular weight is 397 g/mol. The van der Waals surface area contributed by atoms with Crippen molar-refractivity contribution in [3.05, 3.63) is 48.0 Å². The van der Waals surface area contributed by atoms with Gasteiger partial charge in [0.25, 0.3) is 11.8 Å². The third kappa shape index (κ3) is 4.48. The van der Waals surface area contributed by atoms with Gasteiger partial charge < -0.3 is 19.7 Å². The molecule has 0 radical (unpaired) electrons. The van der Waals surface area contributed by atoms with Gasteiger partial charge in [0.15, 0.2) is 6.61 Å². The Labute approximate surface area is 169 Å². The van der Waals surface area contributed by atoms with Crippen LogP contribution in [0.2, 0.25) is 0 Å². The van der Waals surface area contributed by atoms with E-state index in [1.165, 1.54) is 9.80 Å². The van der Waals surface area contributed by atoms with Crippen molar-refractivity contribution in [2.75, 3.05) is 44.1 Å². The molecule has 1 aliphatic rings. The highest BCUT2D eigenvalue weighted by atomic mass is 16.5. The first-order chi connectivity index (χ1) is 13.9. The summed E-state index contributed by atoms with van der Waals surface area (Å²) in [5.41, 5.74) is 1.32. The monoisotopic (exact) mass is 397 g/mol. The summed E-state index contributed by atoms with van der Waals surface area (Å²) in [6.45, 7) is 1.94. The largest absolute Gasteiger partial charge is 0.492 e. The molecule has 2 aromatic carbocycles. The number of nitrogens with one attached hydrogen (secondary N) is 1. The Balaban J connectivity index is 1.83. The quantitative estimate of drug-likeness (QED) is 0.807. The summed E-state index contributed by atoms with van der Waals surface area (Å²) in [6.07, 6.45) is 0. The number of benzene rings is 2. The molecular weight excluding hydrogens is 374 g/mol. The molecule has 3 rings (SSSR count). The van der Waals surface area contributed by atoms with E-state index < -0.39 is 0 Å². The molecular formula is C21H23N3O5. The summed E-state index contributed by atoms with van der Waals surface area (Å²) >= 11 is 0. The standard InChI is InChI=1S/C21H23N3O5/c1-4-28-17-8-6-5-7-15(17)22-19(25)12-24-16-11-14(21(27)23(2)3)9-10-18(16)29-13-20(24)26/h5-11H,4,12-13H2,1-3H3,(H,22,25). The molecule has 0 fully saturated rings. The van der Waals surface area contributed by atoms with Crippen molar-refractivity contribution in [1.82, 2.24) is 4.90 Å². The lowest BCUT2D eigenvalue weighted by atomic mass is 10.1. The number of ether oxygens (including phenoxy) is 2. The number of para-hydroxylation sites is 2. The van der Waals surface area contributed by atoms with Crippen molar-refractivity contribution in [3.63, 3.8) is 0 Å². The molecule has 0 unspecified atom stereocenters. The Morgan fingerprint density at radius 1 is 1.21 bits per heavy atom. The summed E-state index contributed by atoms with van der Waals surface area (Å²) < 4.78 is 11.0. The number of amides is 3. The molecule has 8 heteroatoms. The van der Waals surface area contributed by atoms with Crippen LogP contribution >= 0.6 is 0 Å². The zero-order valence-electron chi connectivity index (χ0n) is 16.6. The predicted molar refractivity (Wildman–Crippen MR) is 109 cm³/mol. The first kappa shape index (κ1) is 20.2. The van der Waals surface area contributed by atoms with Crippen LogP contribution in [0.3, 0.4) is 0 Å². The Morgan fingerprint density at radius 3 is 2.69 bits per heavy atom. The average Bonchev–Trinajstić information content (AvgIpc) is 2.71. The van der Waals surface area contributed by atoms with Gasteiger partial charge in [-0.25, -0.2) is 0 Å². The van der Waals surface area contributed by atoms with Crippen molar-refractivity contribution >= 4 is 29.1 Å². The van der Waals surface area contributed by atoms with Gasteiger partial charge in [0, 0.05) is 19.7 Å². The lowest BCUT2D eigenvalue weighted by molar-refractivity contribution is -0.123. The molecule has 1 N–H and O–H groups in total. The van der Waals surface area contributed by atoms with Crippen molar-refractivity contribution in [3.8, 4) is 11.5 Å². The zero-order chi connectivity index (χ0) is 21.0. The third-order valence-electron chi connectivity index (χ3n) is 4.32. The zero-order valence-corrected chi connectivity index (χ0v) is 16.6. The van der Waals surface area contributed by atoms with Crippen molar-refractivity contribution in [1.29, 1.82) is 0 Å². The van der Waals surface area contributed by atoms with E-state index in [2.05, 4.69) is 5.32 Å². The molecule has 3 amide bonds. The number of anilines is 2. The van der Waals surface area contributed by atoms with Crippen molar-refractivity contribution < 1.29 is 23.9 Å². The number of hydrogen-bond acceptors (Lipinski definition) is 5. The van der Waals surface area contributed by atoms with E-state index in [1.807, 2.05) is 13.0 Å². The smallest absolute Gasteiger partial charge is 0.265 e. The fourth-order valence-corrected chi connectivity index (χ4v) is 2.95. The summed E-state index contributed by atoms with van der Waals surface area (Å²) in [5, 5.41) is 2.78. The SMILES string of the molecule is CCOc1ccccc1NC(=O)CN1C(=O)COc2ccc(C(=O)N(C)C)cc21. The van der Waals surface area contributed by atoms with E-state index in [0.29, 0.717) is 35.0 Å². The maximum atomic E-state index is 12.6. The van der Waals surface area contributed by atoms with Crippen LogP contribution in [0.1, 0.15) is 17.3 Å². The van der Waals surface area contributed by atoms with Crippen LogP contribution in [0.15, 0.2) is 42.5 Å². The minimum absolute atomic E-state index is 0.170. The van der Waals surface area contributed by atoms with Gasteiger partial charge in [0.1, 0.15) is 18.0 Å². The Hall–Kier alpha value is -3.55. The second-order valence-electron chi connectivity index (χ2n) is 6.63. The highest BCUT2D eigenvalue weighted by molar-refractivity contribution is 6.06. The van der Waals surface area contributed by atoms with Crippen molar-refractivity contribution in [2.24, 2.45) is 0 Å². The Bertz CT molecular complexity index is 942. The number of rotatable bonds is 6. The fraction of sp³-hybridized carbons (Fsp3) is 0.286. The molecule has 0 aliphatic carbocycles. The number of hydrogen-bond donors (Lipinski definition) is 1. The van der Waals surface area contributed by atoms with E-state index in [-0.39, 0.29) is 30.9 Å². The van der Waals surface area contributed by atoms with Crippen LogP contribution < -0.4 is 19.7 Å². The van der Waals surface area contributed by atoms with E-state index in [4.69, 9.17) is 9.47 Å². The van der Waals surface area contributed by atoms with Crippen LogP contribution in [0.4, 0.5) is 11.4 Å². The molecule has 0 atom stereocenters. The molecule has 8 nitrogen and oxygen atoms in total. The predicted octanol–water partition coefficient (Wildman–Crippen LogP) is 2.15. The van der Waals surface area contributed by atoms with Crippen LogP contribution in [-0.2, 0) is 9.59 Å². The second-order valence-corrected chi connectivity index (χ2v) is 6.63. The van der Waals surface area contributed by atoms with Gasteiger partial charge >= 0.3 is 0 Å². The summed E-state index contributed by atoms with van der Waals surface area (Å²) in [7, 11) is 3.29. The molecule has 0 bridgehead atoms. The number of fused-ring (bicyclic) bond motifs is 1. The van der Waals surface area contributed by atoms with Gasteiger partial charge in [-0.1, -0.05) is 12.1 Å². The molecule has 0 aromatic heterocycles. The maximum Gasteiger partial charge on any atom is 0.265 e. The van der Waals surface area contributed by atoms with Gasteiger partial charge in [-0.3, -0.25) is 19.3 Å². The molecule has 0 spiro atoms. The third-order valence-corrected chi connectivity index (χ3v) is 4.32. The lowest BCUT2D eigenvalue weighted by Gasteiger charge is -2.29. The molecule has 2 aromatic rings. The summed E-state index contributed by atoms with van der Waals surface area (Å²) in [5.74, 6) is 0.0436. The van der Waals surface area contributed by atoms with Gasteiger partial charge in [-0.2, -0.15) is 0 Å². The van der Waals surface area contributed by atoms with Gasteiger partial charge in [0.05, 0.1) is 18.0 Å². The van der Waals surface area contributed by atoms with E-state index in [1.54, 1.807) is 50.5 Å². The minimum atomic E-state index is -0.386. The molecule has 29 heavy (non-hydrogen) atoms. The Kier molecular flexibility index (Phi) is 6.01. The molecule has 0 saturated heterocycles. The minimum Gasteiger partial charge on any atom is -0.492 e. The van der Waals surface area contributed by atoms with E-state index in [0.717, 1.165) is 0 Å². The molecule has 0 saturated carbocycles. The first-order valence-electron chi connectivity index (χ1n) is 9.21. The van der Waals surface area contributed by atoms with Crippen LogP contribution in [-0.4, -0.2) is 56.5 Å². The van der Waals surface area contributed by atoms with Gasteiger partial charge in [-0.05, 0) is 37.3 Å². The Morgan fingerprint density at radius 2 is 1.97 bits per heavy atom. The van der Waals surface area contributed by atoms with Crippen molar-refractivity contribution in [2.45, 2.75) is 6.92 Å².